The largest absolute Gasteiger partial charge is 0.478 e. The van der Waals surface area contributed by atoms with Gasteiger partial charge in [0.2, 0.25) is 0 Å². The number of hydrogen-bond acceptors (Lipinski definition) is 3. The Kier molecular flexibility index (Phi) is 3.23. The minimum Gasteiger partial charge on any atom is -0.478 e. The van der Waals surface area contributed by atoms with Crippen LogP contribution in [0.4, 0.5) is 0 Å². The summed E-state index contributed by atoms with van der Waals surface area (Å²) in [5.41, 5.74) is 3.40. The molecule has 0 spiro atoms. The van der Waals surface area contributed by atoms with Crippen LogP contribution in [-0.4, -0.2) is 26.1 Å². The lowest BCUT2D eigenvalue weighted by atomic mass is 10.1. The van der Waals surface area contributed by atoms with Crippen molar-refractivity contribution < 1.29 is 9.90 Å². The summed E-state index contributed by atoms with van der Waals surface area (Å²) in [6.45, 7) is 1.88. The van der Waals surface area contributed by atoms with Gasteiger partial charge in [0.1, 0.15) is 5.69 Å². The molecule has 0 saturated heterocycles. The molecule has 104 valence electrons. The first-order chi connectivity index (χ1) is 10.1. The monoisotopic (exact) mass is 279 g/mol. The second-order valence-corrected chi connectivity index (χ2v) is 4.64. The van der Waals surface area contributed by atoms with Gasteiger partial charge < -0.3 is 5.11 Å². The van der Waals surface area contributed by atoms with Crippen molar-refractivity contribution in [2.24, 2.45) is 0 Å². The van der Waals surface area contributed by atoms with E-state index < -0.39 is 5.97 Å². The Hall–Kier alpha value is -2.95. The number of aromatic carboxylic acids is 1. The van der Waals surface area contributed by atoms with Gasteiger partial charge in [0.05, 0.1) is 16.9 Å². The van der Waals surface area contributed by atoms with Crippen molar-refractivity contribution in [1.82, 2.24) is 15.0 Å². The number of carboxylic acids is 1. The summed E-state index contributed by atoms with van der Waals surface area (Å²) in [5, 5.41) is 17.9. The summed E-state index contributed by atoms with van der Waals surface area (Å²) in [6.07, 6.45) is 0. The molecule has 0 amide bonds. The molecule has 21 heavy (non-hydrogen) atoms. The fraction of sp³-hybridized carbons (Fsp3) is 0.0625. The van der Waals surface area contributed by atoms with E-state index in [1.54, 1.807) is 24.3 Å². The van der Waals surface area contributed by atoms with Crippen LogP contribution < -0.4 is 0 Å². The molecule has 0 aliphatic rings. The Labute approximate surface area is 121 Å². The van der Waals surface area contributed by atoms with E-state index in [-0.39, 0.29) is 5.56 Å². The Morgan fingerprint density at radius 2 is 1.81 bits per heavy atom. The maximum Gasteiger partial charge on any atom is 0.335 e. The standard InChI is InChI=1S/C16H13N3O2/c1-11-15(12-6-3-2-4-7-12)18-19(17-11)14-9-5-8-13(10-14)16(20)21/h2-10H,1H3,(H,20,21). The number of aromatic nitrogens is 3. The zero-order valence-corrected chi connectivity index (χ0v) is 11.4. The van der Waals surface area contributed by atoms with Crippen LogP contribution in [0.25, 0.3) is 16.9 Å². The van der Waals surface area contributed by atoms with E-state index in [4.69, 9.17) is 5.11 Å². The molecule has 1 heterocycles. The highest BCUT2D eigenvalue weighted by Gasteiger charge is 2.11. The molecule has 0 saturated carbocycles. The van der Waals surface area contributed by atoms with Crippen molar-refractivity contribution in [3.8, 4) is 16.9 Å². The number of carboxylic acid groups (broad SMARTS) is 1. The molecule has 0 aliphatic heterocycles. The van der Waals surface area contributed by atoms with E-state index in [0.717, 1.165) is 17.0 Å². The van der Waals surface area contributed by atoms with E-state index in [2.05, 4.69) is 10.2 Å². The zero-order valence-electron chi connectivity index (χ0n) is 11.4. The highest BCUT2D eigenvalue weighted by Crippen LogP contribution is 2.20. The van der Waals surface area contributed by atoms with Crippen LogP contribution >= 0.6 is 0 Å². The van der Waals surface area contributed by atoms with Crippen molar-refractivity contribution in [3.63, 3.8) is 0 Å². The first kappa shape index (κ1) is 13.1. The number of rotatable bonds is 3. The van der Waals surface area contributed by atoms with Crippen molar-refractivity contribution in [2.75, 3.05) is 0 Å². The molecule has 1 N–H and O–H groups in total. The summed E-state index contributed by atoms with van der Waals surface area (Å²) in [7, 11) is 0. The summed E-state index contributed by atoms with van der Waals surface area (Å²) in [6, 6.07) is 16.3. The van der Waals surface area contributed by atoms with E-state index in [1.807, 2.05) is 37.3 Å². The Bertz CT molecular complexity index is 794. The zero-order chi connectivity index (χ0) is 14.8. The van der Waals surface area contributed by atoms with Gasteiger partial charge in [-0.15, -0.1) is 5.10 Å². The molecule has 3 aromatic rings. The molecule has 0 atom stereocenters. The van der Waals surface area contributed by atoms with Gasteiger partial charge in [0.25, 0.3) is 0 Å². The molecule has 0 aliphatic carbocycles. The minimum absolute atomic E-state index is 0.212. The highest BCUT2D eigenvalue weighted by atomic mass is 16.4. The molecule has 0 bridgehead atoms. The van der Waals surface area contributed by atoms with E-state index in [0.29, 0.717) is 5.69 Å². The molecule has 0 unspecified atom stereocenters. The predicted octanol–water partition coefficient (Wildman–Crippen LogP) is 2.94. The summed E-state index contributed by atoms with van der Waals surface area (Å²) in [4.78, 5) is 12.5. The first-order valence-corrected chi connectivity index (χ1v) is 6.48. The SMILES string of the molecule is Cc1nn(-c2cccc(C(=O)O)c2)nc1-c1ccccc1. The molecule has 3 rings (SSSR count). The quantitative estimate of drug-likeness (QED) is 0.800. The molecule has 5 heteroatoms. The van der Waals surface area contributed by atoms with Crippen LogP contribution in [0, 0.1) is 6.92 Å². The van der Waals surface area contributed by atoms with E-state index >= 15 is 0 Å². The van der Waals surface area contributed by atoms with Gasteiger partial charge in [-0.05, 0) is 25.1 Å². The van der Waals surface area contributed by atoms with Crippen molar-refractivity contribution in [1.29, 1.82) is 0 Å². The van der Waals surface area contributed by atoms with Crippen LogP contribution in [0.15, 0.2) is 54.6 Å². The second kappa shape index (κ2) is 5.20. The lowest BCUT2D eigenvalue weighted by Gasteiger charge is -2.00. The average molecular weight is 279 g/mol. The third-order valence-electron chi connectivity index (χ3n) is 3.15. The highest BCUT2D eigenvalue weighted by molar-refractivity contribution is 5.88. The van der Waals surface area contributed by atoms with Crippen LogP contribution in [-0.2, 0) is 0 Å². The predicted molar refractivity (Wildman–Crippen MR) is 78.5 cm³/mol. The van der Waals surface area contributed by atoms with Gasteiger partial charge in [-0.2, -0.15) is 9.90 Å². The summed E-state index contributed by atoms with van der Waals surface area (Å²) in [5.74, 6) is -0.969. The number of benzene rings is 2. The number of hydrogen-bond donors (Lipinski definition) is 1. The molecule has 0 fully saturated rings. The van der Waals surface area contributed by atoms with Gasteiger partial charge >= 0.3 is 5.97 Å². The molecular formula is C16H13N3O2. The third-order valence-corrected chi connectivity index (χ3v) is 3.15. The fourth-order valence-corrected chi connectivity index (χ4v) is 2.12. The van der Waals surface area contributed by atoms with Crippen LogP contribution in [0.2, 0.25) is 0 Å². The Morgan fingerprint density at radius 3 is 2.52 bits per heavy atom. The number of carbonyl (C=O) groups is 1. The molecule has 1 aromatic heterocycles. The smallest absolute Gasteiger partial charge is 0.335 e. The Balaban J connectivity index is 2.05. The van der Waals surface area contributed by atoms with Gasteiger partial charge in [0, 0.05) is 5.56 Å². The summed E-state index contributed by atoms with van der Waals surface area (Å²) < 4.78 is 0. The van der Waals surface area contributed by atoms with Crippen LogP contribution in [0.3, 0.4) is 0 Å². The maximum atomic E-state index is 11.0. The maximum absolute atomic E-state index is 11.0. The molecule has 5 nitrogen and oxygen atoms in total. The van der Waals surface area contributed by atoms with Crippen LogP contribution in [0.1, 0.15) is 16.1 Å². The van der Waals surface area contributed by atoms with Gasteiger partial charge in [-0.1, -0.05) is 36.4 Å². The topological polar surface area (TPSA) is 68.0 Å². The number of aryl methyl sites for hydroxylation is 1. The molecule has 0 radical (unpaired) electrons. The lowest BCUT2D eigenvalue weighted by molar-refractivity contribution is 0.0697. The molecule has 2 aromatic carbocycles. The summed E-state index contributed by atoms with van der Waals surface area (Å²) >= 11 is 0. The average Bonchev–Trinajstić information content (AvgIpc) is 2.90. The third kappa shape index (κ3) is 2.53. The van der Waals surface area contributed by atoms with Crippen molar-refractivity contribution in [2.45, 2.75) is 6.92 Å². The minimum atomic E-state index is -0.969. The first-order valence-electron chi connectivity index (χ1n) is 6.48. The van der Waals surface area contributed by atoms with Gasteiger partial charge in [-0.25, -0.2) is 4.79 Å². The van der Waals surface area contributed by atoms with E-state index in [1.165, 1.54) is 4.80 Å². The van der Waals surface area contributed by atoms with Gasteiger partial charge in [0.15, 0.2) is 0 Å². The van der Waals surface area contributed by atoms with E-state index in [9.17, 15) is 4.79 Å². The Morgan fingerprint density at radius 1 is 1.05 bits per heavy atom. The number of nitrogens with zero attached hydrogens (tertiary/aromatic N) is 3. The van der Waals surface area contributed by atoms with Crippen molar-refractivity contribution >= 4 is 5.97 Å². The normalized spacial score (nSPS) is 10.5. The fourth-order valence-electron chi connectivity index (χ4n) is 2.12. The van der Waals surface area contributed by atoms with Crippen molar-refractivity contribution in [3.05, 3.63) is 65.9 Å². The second-order valence-electron chi connectivity index (χ2n) is 4.64. The van der Waals surface area contributed by atoms with Crippen LogP contribution in [0.5, 0.6) is 0 Å². The van der Waals surface area contributed by atoms with Gasteiger partial charge in [-0.3, -0.25) is 0 Å². The lowest BCUT2D eigenvalue weighted by Crippen LogP contribution is -2.02. The molecular weight excluding hydrogens is 266 g/mol.